The number of benzene rings is 1. The van der Waals surface area contributed by atoms with Gasteiger partial charge in [-0.3, -0.25) is 14.6 Å². The number of hydrogen-bond donors (Lipinski definition) is 4. The summed E-state index contributed by atoms with van der Waals surface area (Å²) in [6.45, 7) is 2.62. The van der Waals surface area contributed by atoms with Gasteiger partial charge >= 0.3 is 0 Å². The van der Waals surface area contributed by atoms with Gasteiger partial charge in [0.15, 0.2) is 0 Å². The number of ether oxygens (including phenoxy) is 1. The minimum atomic E-state index is -1.84. The molecule has 0 spiro atoms. The third-order valence-corrected chi connectivity index (χ3v) is 6.82. The lowest BCUT2D eigenvalue weighted by atomic mass is 10.1. The summed E-state index contributed by atoms with van der Waals surface area (Å²) in [5.41, 5.74) is 14.0. The normalized spacial score (nSPS) is 12.2. The van der Waals surface area contributed by atoms with Crippen molar-refractivity contribution < 1.29 is 18.7 Å². The van der Waals surface area contributed by atoms with E-state index >= 15 is 0 Å². The van der Waals surface area contributed by atoms with E-state index in [4.69, 9.17) is 16.2 Å². The highest BCUT2D eigenvalue weighted by molar-refractivity contribution is 7.27. The van der Waals surface area contributed by atoms with Crippen LogP contribution in [0.1, 0.15) is 49.4 Å². The van der Waals surface area contributed by atoms with Gasteiger partial charge in [-0.2, -0.15) is 4.39 Å². The van der Waals surface area contributed by atoms with E-state index in [9.17, 15) is 14.0 Å². The number of halogens is 1. The summed E-state index contributed by atoms with van der Waals surface area (Å²) in [7, 11) is 2.48. The molecule has 1 aromatic carbocycles. The van der Waals surface area contributed by atoms with Crippen LogP contribution < -0.4 is 32.1 Å². The summed E-state index contributed by atoms with van der Waals surface area (Å²) >= 11 is 1.34. The molecule has 6 N–H and O–H groups in total. The number of rotatable bonds is 14. The van der Waals surface area contributed by atoms with Crippen LogP contribution in [-0.4, -0.2) is 32.9 Å². The summed E-state index contributed by atoms with van der Waals surface area (Å²) in [5.74, 6) is -1.84. The molecule has 1 atom stereocenters. The van der Waals surface area contributed by atoms with E-state index in [0.29, 0.717) is 46.0 Å². The molecule has 3 rings (SSSR count). The zero-order valence-electron chi connectivity index (χ0n) is 23.0. The molecule has 10 nitrogen and oxygen atoms in total. The van der Waals surface area contributed by atoms with Crippen molar-refractivity contribution in [3.8, 4) is 5.75 Å². The molecule has 13 heteroatoms. The Hall–Kier alpha value is -3.89. The first kappa shape index (κ1) is 31.6. The maximum Gasteiger partial charge on any atom is 0.242 e. The second kappa shape index (κ2) is 15.2. The molecule has 3 aromatic rings. The smallest absolute Gasteiger partial charge is 0.242 e. The second-order valence-electron chi connectivity index (χ2n) is 9.68. The molecule has 0 aliphatic carbocycles. The van der Waals surface area contributed by atoms with Crippen LogP contribution >= 0.6 is 20.6 Å². The van der Waals surface area contributed by atoms with Crippen molar-refractivity contribution in [2.24, 2.45) is 11.5 Å². The van der Waals surface area contributed by atoms with Crippen molar-refractivity contribution in [1.29, 1.82) is 0 Å². The predicted octanol–water partition coefficient (Wildman–Crippen LogP) is 3.41. The van der Waals surface area contributed by atoms with Gasteiger partial charge < -0.3 is 26.8 Å². The molecule has 2 aromatic heterocycles. The molecule has 0 aliphatic rings. The molecule has 0 aliphatic heterocycles. The maximum absolute atomic E-state index is 13.9. The van der Waals surface area contributed by atoms with Gasteiger partial charge in [0, 0.05) is 43.2 Å². The largest absolute Gasteiger partial charge is 0.458 e. The van der Waals surface area contributed by atoms with Crippen LogP contribution in [0.5, 0.6) is 5.75 Å². The summed E-state index contributed by atoms with van der Waals surface area (Å²) in [6, 6.07) is 10.6. The van der Waals surface area contributed by atoms with Gasteiger partial charge in [-0.1, -0.05) is 29.5 Å². The van der Waals surface area contributed by atoms with Crippen molar-refractivity contribution in [3.05, 3.63) is 82.5 Å². The van der Waals surface area contributed by atoms with Crippen LogP contribution in [0, 0.1) is 0 Å². The van der Waals surface area contributed by atoms with Crippen molar-refractivity contribution in [2.45, 2.75) is 58.2 Å². The third-order valence-electron chi connectivity index (χ3n) is 5.44. The third kappa shape index (κ3) is 12.0. The number of hydrogen-bond acceptors (Lipinski definition) is 9. The van der Waals surface area contributed by atoms with E-state index in [1.165, 1.54) is 25.2 Å². The van der Waals surface area contributed by atoms with Gasteiger partial charge in [0.05, 0.1) is 12.8 Å². The highest BCUT2D eigenvalue weighted by Crippen LogP contribution is 2.21. The standard InChI is InChI=1S/C28H35FN7O3PS/c1-28(2,29)39-21-15-18(10-12-22(21)40)16-24(37)33-23(31)13-11-19(30)7-3-4-9-26-35-36-27(41-26)34-25(38)17-20-8-5-6-14-32-20/h5-6,8,10-15H,3-4,7,9,16-17,30-31,40H2,1-2H3,(H,33,37)(H,34,36,38)/b19-11-,23-13+. The fourth-order valence-corrected chi connectivity index (χ4v) is 4.63. The Bertz CT molecular complexity index is 1390. The first-order valence-corrected chi connectivity index (χ1v) is 14.4. The molecule has 0 saturated heterocycles. The van der Waals surface area contributed by atoms with Crippen LogP contribution in [0.2, 0.25) is 0 Å². The zero-order valence-corrected chi connectivity index (χ0v) is 25.0. The number of aromatic nitrogens is 3. The highest BCUT2D eigenvalue weighted by Gasteiger charge is 2.19. The Morgan fingerprint density at radius 1 is 1.10 bits per heavy atom. The van der Waals surface area contributed by atoms with Crippen molar-refractivity contribution in [3.63, 3.8) is 0 Å². The fraction of sp³-hybridized carbons (Fsp3) is 0.321. The fourth-order valence-electron chi connectivity index (χ4n) is 3.59. The number of nitrogens with zero attached hydrogens (tertiary/aromatic N) is 3. The van der Waals surface area contributed by atoms with Crippen LogP contribution in [-0.2, 0) is 28.9 Å². The average molecular weight is 600 g/mol. The molecule has 218 valence electrons. The van der Waals surface area contributed by atoms with Gasteiger partial charge in [-0.15, -0.1) is 19.4 Å². The Morgan fingerprint density at radius 3 is 2.63 bits per heavy atom. The Kier molecular flexibility index (Phi) is 11.7. The molecule has 41 heavy (non-hydrogen) atoms. The number of anilines is 1. The molecule has 2 heterocycles. The summed E-state index contributed by atoms with van der Waals surface area (Å²) < 4.78 is 19.2. The van der Waals surface area contributed by atoms with Gasteiger partial charge in [-0.05, 0) is 55.2 Å². The van der Waals surface area contributed by atoms with Crippen LogP contribution in [0.25, 0.3) is 0 Å². The number of pyridine rings is 1. The Labute approximate surface area is 245 Å². The number of alkyl halides is 1. The SMILES string of the molecule is CC(C)(F)Oc1cc(CC(=O)N/C(N)=C/C=C(\N)CCCCc2nnc(NC(=O)Cc3ccccn3)s2)ccc1P. The van der Waals surface area contributed by atoms with Gasteiger partial charge in [0.1, 0.15) is 16.6 Å². The summed E-state index contributed by atoms with van der Waals surface area (Å²) in [4.78, 5) is 28.7. The Morgan fingerprint density at radius 2 is 1.90 bits per heavy atom. The number of allylic oxidation sites excluding steroid dienone is 3. The van der Waals surface area contributed by atoms with Crippen LogP contribution in [0.4, 0.5) is 9.52 Å². The van der Waals surface area contributed by atoms with Crippen LogP contribution in [0.15, 0.2) is 66.3 Å². The number of nitrogens with one attached hydrogen (secondary N) is 2. The summed E-state index contributed by atoms with van der Waals surface area (Å²) in [5, 5.41) is 15.5. The van der Waals surface area contributed by atoms with Crippen molar-refractivity contribution in [1.82, 2.24) is 20.5 Å². The van der Waals surface area contributed by atoms with Crippen molar-refractivity contribution >= 4 is 42.8 Å². The number of unbranched alkanes of at least 4 members (excludes halogenated alkanes) is 1. The number of carbonyl (C=O) groups is 2. The topological polar surface area (TPSA) is 158 Å². The van der Waals surface area contributed by atoms with E-state index in [1.54, 1.807) is 48.7 Å². The quantitative estimate of drug-likeness (QED) is 0.125. The Balaban J connectivity index is 1.37. The van der Waals surface area contributed by atoms with Gasteiger partial charge in [0.2, 0.25) is 22.8 Å². The first-order chi connectivity index (χ1) is 19.5. The van der Waals surface area contributed by atoms with Gasteiger partial charge in [0.25, 0.3) is 0 Å². The van der Waals surface area contributed by atoms with Crippen LogP contribution in [0.3, 0.4) is 0 Å². The first-order valence-electron chi connectivity index (χ1n) is 13.0. The molecule has 0 fully saturated rings. The van der Waals surface area contributed by atoms with Crippen molar-refractivity contribution in [2.75, 3.05) is 5.32 Å². The predicted molar refractivity (Wildman–Crippen MR) is 162 cm³/mol. The molecule has 0 saturated carbocycles. The molecular weight excluding hydrogens is 564 g/mol. The van der Waals surface area contributed by atoms with E-state index in [1.807, 2.05) is 6.07 Å². The monoisotopic (exact) mass is 599 g/mol. The highest BCUT2D eigenvalue weighted by atomic mass is 32.1. The van der Waals surface area contributed by atoms with Gasteiger partial charge in [-0.25, -0.2) is 0 Å². The number of aryl methyl sites for hydroxylation is 1. The molecule has 0 radical (unpaired) electrons. The minimum absolute atomic E-state index is 0.0446. The number of carbonyl (C=O) groups excluding carboxylic acids is 2. The molecule has 2 amide bonds. The van der Waals surface area contributed by atoms with E-state index < -0.39 is 5.85 Å². The van der Waals surface area contributed by atoms with E-state index in [-0.39, 0.29) is 30.5 Å². The van der Waals surface area contributed by atoms with E-state index in [0.717, 1.165) is 17.8 Å². The molecule has 1 unspecified atom stereocenters. The number of nitrogens with two attached hydrogens (primary N) is 2. The minimum Gasteiger partial charge on any atom is -0.458 e. The average Bonchev–Trinajstić information content (AvgIpc) is 3.34. The molecule has 0 bridgehead atoms. The zero-order chi connectivity index (χ0) is 29.8. The summed E-state index contributed by atoms with van der Waals surface area (Å²) in [6.07, 6.45) is 8.07. The number of amides is 2. The maximum atomic E-state index is 13.9. The lowest BCUT2D eigenvalue weighted by Gasteiger charge is -2.19. The lowest BCUT2D eigenvalue weighted by Crippen LogP contribution is -2.29. The lowest BCUT2D eigenvalue weighted by molar-refractivity contribution is -0.119. The van der Waals surface area contributed by atoms with E-state index in [2.05, 4.69) is 35.1 Å². The second-order valence-corrected chi connectivity index (χ2v) is 11.4. The molecular formula is C28H35FN7O3PS.